The number of aromatic nitrogens is 1. The molecule has 1 saturated heterocycles. The van der Waals surface area contributed by atoms with Crippen LogP contribution in [0.4, 0.5) is 0 Å². The fraction of sp³-hybridized carbons (Fsp3) is 0.348. The summed E-state index contributed by atoms with van der Waals surface area (Å²) in [6, 6.07) is 16.3. The van der Waals surface area contributed by atoms with E-state index < -0.39 is 0 Å². The van der Waals surface area contributed by atoms with Crippen LogP contribution in [0.5, 0.6) is 0 Å². The predicted molar refractivity (Wildman–Crippen MR) is 111 cm³/mol. The monoisotopic (exact) mass is 380 g/mol. The van der Waals surface area contributed by atoms with Gasteiger partial charge in [-0.2, -0.15) is 0 Å². The number of rotatable bonds is 4. The molecule has 1 atom stereocenters. The lowest BCUT2D eigenvalue weighted by atomic mass is 9.87. The molecule has 1 aromatic heterocycles. The molecule has 0 N–H and O–H groups in total. The summed E-state index contributed by atoms with van der Waals surface area (Å²) in [5, 5.41) is 1.93. The third-order valence-corrected chi connectivity index (χ3v) is 5.92. The summed E-state index contributed by atoms with van der Waals surface area (Å²) in [6.45, 7) is 1.78. The highest BCUT2D eigenvalue weighted by Gasteiger charge is 2.25. The van der Waals surface area contributed by atoms with E-state index >= 15 is 0 Å². The summed E-state index contributed by atoms with van der Waals surface area (Å²) in [7, 11) is 2.07. The number of hydrogen-bond donors (Lipinski definition) is 0. The number of carbonyl (C=O) groups excluding carboxylic acids is 1. The van der Waals surface area contributed by atoms with E-state index in [1.54, 1.807) is 0 Å². The molecule has 2 aromatic carbocycles. The number of para-hydroxylation sites is 1. The van der Waals surface area contributed by atoms with Crippen LogP contribution in [-0.4, -0.2) is 28.5 Å². The Labute approximate surface area is 165 Å². The van der Waals surface area contributed by atoms with Crippen LogP contribution in [0, 0.1) is 0 Å². The van der Waals surface area contributed by atoms with Crippen LogP contribution in [-0.2, 0) is 11.8 Å². The molecule has 27 heavy (non-hydrogen) atoms. The summed E-state index contributed by atoms with van der Waals surface area (Å²) in [6.07, 6.45) is 6.13. The molecule has 1 amide bonds. The Morgan fingerprint density at radius 2 is 1.74 bits per heavy atom. The van der Waals surface area contributed by atoms with Gasteiger partial charge in [-0.3, -0.25) is 4.79 Å². The first kappa shape index (κ1) is 18.1. The van der Waals surface area contributed by atoms with Crippen molar-refractivity contribution in [2.75, 3.05) is 13.1 Å². The molecular weight excluding hydrogens is 356 g/mol. The van der Waals surface area contributed by atoms with Crippen LogP contribution in [0.2, 0.25) is 5.02 Å². The van der Waals surface area contributed by atoms with Crippen molar-refractivity contribution in [3.8, 4) is 0 Å². The van der Waals surface area contributed by atoms with Crippen LogP contribution >= 0.6 is 11.6 Å². The van der Waals surface area contributed by atoms with Gasteiger partial charge in [0.15, 0.2) is 0 Å². The van der Waals surface area contributed by atoms with E-state index in [-0.39, 0.29) is 11.8 Å². The molecule has 1 fully saturated rings. The lowest BCUT2D eigenvalue weighted by Gasteiger charge is -2.28. The first-order valence-corrected chi connectivity index (χ1v) is 10.1. The Hall–Kier alpha value is -2.26. The van der Waals surface area contributed by atoms with Gasteiger partial charge in [-0.05, 0) is 48.6 Å². The molecule has 140 valence electrons. The second-order valence-corrected chi connectivity index (χ2v) is 7.90. The van der Waals surface area contributed by atoms with Crippen molar-refractivity contribution in [1.29, 1.82) is 0 Å². The summed E-state index contributed by atoms with van der Waals surface area (Å²) < 4.78 is 2.15. The maximum Gasteiger partial charge on any atom is 0.223 e. The second kappa shape index (κ2) is 7.77. The zero-order valence-electron chi connectivity index (χ0n) is 15.7. The Bertz CT molecular complexity index is 939. The van der Waals surface area contributed by atoms with Gasteiger partial charge in [0, 0.05) is 54.6 Å². The fourth-order valence-electron chi connectivity index (χ4n) is 4.20. The maximum absolute atomic E-state index is 13.1. The van der Waals surface area contributed by atoms with Gasteiger partial charge in [0.1, 0.15) is 0 Å². The van der Waals surface area contributed by atoms with Gasteiger partial charge >= 0.3 is 0 Å². The van der Waals surface area contributed by atoms with Crippen molar-refractivity contribution in [3.05, 3.63) is 70.9 Å². The predicted octanol–water partition coefficient (Wildman–Crippen LogP) is 5.37. The number of hydrogen-bond acceptors (Lipinski definition) is 1. The van der Waals surface area contributed by atoms with Gasteiger partial charge in [-0.15, -0.1) is 0 Å². The lowest BCUT2D eigenvalue weighted by molar-refractivity contribution is -0.132. The molecule has 4 rings (SSSR count). The van der Waals surface area contributed by atoms with Gasteiger partial charge in [-0.1, -0.05) is 41.9 Å². The smallest absolute Gasteiger partial charge is 0.223 e. The SMILES string of the molecule is Cn1cc(C(CC(=O)N2CCCCC2)c2ccc(Cl)cc2)c2ccccc21. The normalized spacial score (nSPS) is 15.9. The van der Waals surface area contributed by atoms with E-state index in [1.165, 1.54) is 22.9 Å². The van der Waals surface area contributed by atoms with E-state index in [2.05, 4.69) is 54.2 Å². The van der Waals surface area contributed by atoms with Crippen LogP contribution in [0.1, 0.15) is 42.7 Å². The minimum atomic E-state index is 0.0304. The van der Waals surface area contributed by atoms with E-state index in [0.29, 0.717) is 6.42 Å². The highest BCUT2D eigenvalue weighted by Crippen LogP contribution is 2.35. The molecule has 1 unspecified atom stereocenters. The van der Waals surface area contributed by atoms with Gasteiger partial charge in [-0.25, -0.2) is 0 Å². The van der Waals surface area contributed by atoms with Crippen LogP contribution in [0.3, 0.4) is 0 Å². The molecule has 0 saturated carbocycles. The number of carbonyl (C=O) groups is 1. The Kier molecular flexibility index (Phi) is 5.22. The molecule has 4 heteroatoms. The molecule has 0 radical (unpaired) electrons. The molecule has 2 heterocycles. The molecule has 0 bridgehead atoms. The summed E-state index contributed by atoms with van der Waals surface area (Å²) in [4.78, 5) is 15.1. The molecule has 1 aliphatic heterocycles. The van der Waals surface area contributed by atoms with Crippen LogP contribution < -0.4 is 0 Å². The lowest BCUT2D eigenvalue weighted by Crippen LogP contribution is -2.36. The summed E-state index contributed by atoms with van der Waals surface area (Å²) in [5.41, 5.74) is 3.54. The quantitative estimate of drug-likeness (QED) is 0.597. The van der Waals surface area contributed by atoms with Crippen molar-refractivity contribution in [2.45, 2.75) is 31.6 Å². The van der Waals surface area contributed by atoms with Crippen LogP contribution in [0.15, 0.2) is 54.7 Å². The van der Waals surface area contributed by atoms with Crippen molar-refractivity contribution in [1.82, 2.24) is 9.47 Å². The highest BCUT2D eigenvalue weighted by molar-refractivity contribution is 6.30. The zero-order chi connectivity index (χ0) is 18.8. The average Bonchev–Trinajstić information content (AvgIpc) is 3.04. The fourth-order valence-corrected chi connectivity index (χ4v) is 4.33. The van der Waals surface area contributed by atoms with E-state index in [0.717, 1.165) is 36.5 Å². The topological polar surface area (TPSA) is 25.2 Å². The minimum absolute atomic E-state index is 0.0304. The first-order chi connectivity index (χ1) is 13.1. The van der Waals surface area contributed by atoms with Crippen LogP contribution in [0.25, 0.3) is 10.9 Å². The Morgan fingerprint density at radius 3 is 2.48 bits per heavy atom. The number of benzene rings is 2. The van der Waals surface area contributed by atoms with Crippen molar-refractivity contribution in [2.24, 2.45) is 7.05 Å². The molecule has 0 spiro atoms. The molecular formula is C23H25ClN2O. The Morgan fingerprint density at radius 1 is 1.04 bits per heavy atom. The number of likely N-dealkylation sites (tertiary alicyclic amines) is 1. The van der Waals surface area contributed by atoms with Gasteiger partial charge in [0.2, 0.25) is 5.91 Å². The maximum atomic E-state index is 13.1. The summed E-state index contributed by atoms with van der Waals surface area (Å²) in [5.74, 6) is 0.283. The third-order valence-electron chi connectivity index (χ3n) is 5.66. The molecule has 3 aromatic rings. The van der Waals surface area contributed by atoms with E-state index in [4.69, 9.17) is 11.6 Å². The number of amides is 1. The van der Waals surface area contributed by atoms with Crippen molar-refractivity contribution >= 4 is 28.4 Å². The highest BCUT2D eigenvalue weighted by atomic mass is 35.5. The number of aryl methyl sites for hydroxylation is 1. The minimum Gasteiger partial charge on any atom is -0.350 e. The standard InChI is InChI=1S/C23H25ClN2O/c1-25-16-21(19-7-3-4-8-22(19)25)20(17-9-11-18(24)12-10-17)15-23(27)26-13-5-2-6-14-26/h3-4,7-12,16,20H,2,5-6,13-15H2,1H3. The van der Waals surface area contributed by atoms with Crippen molar-refractivity contribution < 1.29 is 4.79 Å². The number of halogens is 1. The number of piperidine rings is 1. The second-order valence-electron chi connectivity index (χ2n) is 7.46. The molecule has 1 aliphatic rings. The molecule has 3 nitrogen and oxygen atoms in total. The van der Waals surface area contributed by atoms with E-state index in [9.17, 15) is 4.79 Å². The first-order valence-electron chi connectivity index (χ1n) is 9.70. The van der Waals surface area contributed by atoms with Gasteiger partial charge in [0.25, 0.3) is 0 Å². The average molecular weight is 381 g/mol. The van der Waals surface area contributed by atoms with Gasteiger partial charge in [0.05, 0.1) is 0 Å². The van der Waals surface area contributed by atoms with Gasteiger partial charge < -0.3 is 9.47 Å². The number of fused-ring (bicyclic) bond motifs is 1. The largest absolute Gasteiger partial charge is 0.350 e. The zero-order valence-corrected chi connectivity index (χ0v) is 16.5. The third kappa shape index (κ3) is 3.74. The molecule has 0 aliphatic carbocycles. The van der Waals surface area contributed by atoms with E-state index in [1.807, 2.05) is 17.0 Å². The van der Waals surface area contributed by atoms with Crippen molar-refractivity contribution in [3.63, 3.8) is 0 Å². The Balaban J connectivity index is 1.73. The number of nitrogens with zero attached hydrogens (tertiary/aromatic N) is 2. The summed E-state index contributed by atoms with van der Waals surface area (Å²) >= 11 is 6.11.